The Balaban J connectivity index is 2.69. The van der Waals surface area contributed by atoms with Crippen molar-refractivity contribution < 1.29 is 19.4 Å². The van der Waals surface area contributed by atoms with Gasteiger partial charge in [0.15, 0.2) is 0 Å². The topological polar surface area (TPSA) is 60.8 Å². The summed E-state index contributed by atoms with van der Waals surface area (Å²) in [6.45, 7) is -0.152. The molecule has 0 saturated carbocycles. The molecule has 0 aliphatic carbocycles. The monoisotopic (exact) mass is 213 g/mol. The molecule has 82 valence electrons. The Bertz CT molecular complexity index is 343. The zero-order valence-electron chi connectivity index (χ0n) is 8.06. The summed E-state index contributed by atoms with van der Waals surface area (Å²) in [6, 6.07) is 5.72. The number of carboxylic acid groups (broad SMARTS) is 1. The van der Waals surface area contributed by atoms with Crippen molar-refractivity contribution in [1.29, 1.82) is 0 Å². The predicted octanol–water partition coefficient (Wildman–Crippen LogP) is 1.30. The smallest absolute Gasteiger partial charge is 0.407 e. The largest absolute Gasteiger partial charge is 0.465 e. The van der Waals surface area contributed by atoms with E-state index in [-0.39, 0.29) is 19.7 Å². The summed E-state index contributed by atoms with van der Waals surface area (Å²) in [4.78, 5) is 11.7. The molecule has 4 nitrogen and oxygen atoms in total. The Kier molecular flexibility index (Phi) is 4.05. The molecule has 1 rings (SSSR count). The Morgan fingerprint density at radius 1 is 1.47 bits per heavy atom. The molecule has 0 aliphatic rings. The molecule has 2 N–H and O–H groups in total. The van der Waals surface area contributed by atoms with E-state index >= 15 is 0 Å². The van der Waals surface area contributed by atoms with Gasteiger partial charge in [-0.3, -0.25) is 0 Å². The van der Waals surface area contributed by atoms with Gasteiger partial charge in [0.25, 0.3) is 0 Å². The summed E-state index contributed by atoms with van der Waals surface area (Å²) in [5.41, 5.74) is 0.561. The van der Waals surface area contributed by atoms with Crippen molar-refractivity contribution in [3.05, 3.63) is 35.6 Å². The molecule has 1 aromatic carbocycles. The minimum absolute atomic E-state index is 0.0197. The summed E-state index contributed by atoms with van der Waals surface area (Å²) in [6.07, 6.45) is -1.13. The van der Waals surface area contributed by atoms with Crippen LogP contribution < -0.4 is 0 Å². The van der Waals surface area contributed by atoms with Crippen LogP contribution in [-0.4, -0.2) is 34.4 Å². The molecule has 0 aliphatic heterocycles. The van der Waals surface area contributed by atoms with E-state index in [2.05, 4.69) is 0 Å². The van der Waals surface area contributed by atoms with Crippen molar-refractivity contribution in [2.45, 2.75) is 6.54 Å². The molecule has 0 radical (unpaired) electrons. The fourth-order valence-electron chi connectivity index (χ4n) is 1.22. The molecule has 5 heteroatoms. The molecule has 1 aromatic rings. The van der Waals surface area contributed by atoms with E-state index in [4.69, 9.17) is 10.2 Å². The minimum atomic E-state index is -1.13. The molecule has 1 amide bonds. The highest BCUT2D eigenvalue weighted by Crippen LogP contribution is 2.07. The van der Waals surface area contributed by atoms with Gasteiger partial charge in [-0.2, -0.15) is 0 Å². The summed E-state index contributed by atoms with van der Waals surface area (Å²) in [7, 11) is 0. The Labute approximate surface area is 86.6 Å². The van der Waals surface area contributed by atoms with Crippen molar-refractivity contribution in [3.63, 3.8) is 0 Å². The first kappa shape index (κ1) is 11.5. The van der Waals surface area contributed by atoms with Gasteiger partial charge in [0.1, 0.15) is 5.82 Å². The maximum atomic E-state index is 12.8. The van der Waals surface area contributed by atoms with Crippen LogP contribution in [0.4, 0.5) is 9.18 Å². The third-order valence-electron chi connectivity index (χ3n) is 1.90. The van der Waals surface area contributed by atoms with Crippen molar-refractivity contribution >= 4 is 6.09 Å². The van der Waals surface area contributed by atoms with Gasteiger partial charge in [0, 0.05) is 13.1 Å². The predicted molar refractivity (Wildman–Crippen MR) is 51.9 cm³/mol. The van der Waals surface area contributed by atoms with Crippen molar-refractivity contribution in [2.24, 2.45) is 0 Å². The molecule has 0 unspecified atom stereocenters. The van der Waals surface area contributed by atoms with E-state index in [9.17, 15) is 9.18 Å². The Hall–Kier alpha value is -1.62. The number of aliphatic hydroxyl groups excluding tert-OH is 1. The number of amides is 1. The van der Waals surface area contributed by atoms with Gasteiger partial charge >= 0.3 is 6.09 Å². The molecule has 0 spiro atoms. The average molecular weight is 213 g/mol. The van der Waals surface area contributed by atoms with Crippen LogP contribution in [0.15, 0.2) is 24.3 Å². The third-order valence-corrected chi connectivity index (χ3v) is 1.90. The number of halogens is 1. The Morgan fingerprint density at radius 3 is 2.73 bits per heavy atom. The van der Waals surface area contributed by atoms with Crippen LogP contribution in [0.2, 0.25) is 0 Å². The van der Waals surface area contributed by atoms with E-state index in [0.29, 0.717) is 5.56 Å². The summed E-state index contributed by atoms with van der Waals surface area (Å²) in [5.74, 6) is -0.401. The second kappa shape index (κ2) is 5.31. The fourth-order valence-corrected chi connectivity index (χ4v) is 1.22. The molecule has 0 atom stereocenters. The molecule has 0 aromatic heterocycles. The fraction of sp³-hybridized carbons (Fsp3) is 0.300. The van der Waals surface area contributed by atoms with Gasteiger partial charge in [-0.05, 0) is 17.7 Å². The number of rotatable bonds is 4. The van der Waals surface area contributed by atoms with Gasteiger partial charge in [0.2, 0.25) is 0 Å². The van der Waals surface area contributed by atoms with Crippen molar-refractivity contribution in [3.8, 4) is 0 Å². The van der Waals surface area contributed by atoms with Crippen LogP contribution >= 0.6 is 0 Å². The van der Waals surface area contributed by atoms with Crippen LogP contribution in [0.3, 0.4) is 0 Å². The maximum absolute atomic E-state index is 12.8. The second-order valence-electron chi connectivity index (χ2n) is 3.06. The third kappa shape index (κ3) is 3.55. The van der Waals surface area contributed by atoms with E-state index in [1.165, 1.54) is 18.2 Å². The maximum Gasteiger partial charge on any atom is 0.407 e. The van der Waals surface area contributed by atoms with Gasteiger partial charge in [-0.25, -0.2) is 9.18 Å². The SMILES string of the molecule is O=C(O)N(CCO)Cc1cccc(F)c1. The lowest BCUT2D eigenvalue weighted by Gasteiger charge is -2.17. The minimum Gasteiger partial charge on any atom is -0.465 e. The number of hydrogen-bond donors (Lipinski definition) is 2. The van der Waals surface area contributed by atoms with Crippen LogP contribution in [0, 0.1) is 5.82 Å². The number of nitrogens with zero attached hydrogens (tertiary/aromatic N) is 1. The number of carbonyl (C=O) groups is 1. The molecule has 0 fully saturated rings. The zero-order chi connectivity index (χ0) is 11.3. The Morgan fingerprint density at radius 2 is 2.20 bits per heavy atom. The first-order valence-corrected chi connectivity index (χ1v) is 4.46. The molecule has 0 saturated heterocycles. The van der Waals surface area contributed by atoms with E-state index < -0.39 is 11.9 Å². The average Bonchev–Trinajstić information content (AvgIpc) is 2.17. The highest BCUT2D eigenvalue weighted by Gasteiger charge is 2.11. The first-order valence-electron chi connectivity index (χ1n) is 4.46. The lowest BCUT2D eigenvalue weighted by Crippen LogP contribution is -2.31. The standard InChI is InChI=1S/C10H12FNO3/c11-9-3-1-2-8(6-9)7-12(4-5-13)10(14)15/h1-3,6,13H,4-5,7H2,(H,14,15). The van der Waals surface area contributed by atoms with Crippen LogP contribution in [0.1, 0.15) is 5.56 Å². The number of benzene rings is 1. The lowest BCUT2D eigenvalue weighted by molar-refractivity contribution is 0.129. The summed E-state index contributed by atoms with van der Waals surface area (Å²) in [5, 5.41) is 17.4. The number of aliphatic hydroxyl groups is 1. The zero-order valence-corrected chi connectivity index (χ0v) is 8.06. The molecular weight excluding hydrogens is 201 g/mol. The summed E-state index contributed by atoms with van der Waals surface area (Å²) < 4.78 is 12.8. The number of hydrogen-bond acceptors (Lipinski definition) is 2. The lowest BCUT2D eigenvalue weighted by atomic mass is 10.2. The molecule has 0 heterocycles. The molecule has 15 heavy (non-hydrogen) atoms. The summed E-state index contributed by atoms with van der Waals surface area (Å²) >= 11 is 0. The second-order valence-corrected chi connectivity index (χ2v) is 3.06. The quantitative estimate of drug-likeness (QED) is 0.792. The van der Waals surface area contributed by atoms with E-state index in [1.54, 1.807) is 6.07 Å². The van der Waals surface area contributed by atoms with Gasteiger partial charge in [0.05, 0.1) is 6.61 Å². The molecule has 0 bridgehead atoms. The normalized spacial score (nSPS) is 10.0. The first-order chi connectivity index (χ1) is 7.13. The highest BCUT2D eigenvalue weighted by atomic mass is 19.1. The van der Waals surface area contributed by atoms with Gasteiger partial charge in [-0.15, -0.1) is 0 Å². The highest BCUT2D eigenvalue weighted by molar-refractivity contribution is 5.64. The molecular formula is C10H12FNO3. The van der Waals surface area contributed by atoms with Crippen molar-refractivity contribution in [2.75, 3.05) is 13.2 Å². The van der Waals surface area contributed by atoms with E-state index in [0.717, 1.165) is 4.90 Å². The van der Waals surface area contributed by atoms with Crippen LogP contribution in [0.25, 0.3) is 0 Å². The van der Waals surface area contributed by atoms with E-state index in [1.807, 2.05) is 0 Å². The van der Waals surface area contributed by atoms with Gasteiger partial charge in [-0.1, -0.05) is 12.1 Å². The van der Waals surface area contributed by atoms with Gasteiger partial charge < -0.3 is 15.1 Å². The van der Waals surface area contributed by atoms with Crippen molar-refractivity contribution in [1.82, 2.24) is 4.90 Å². The van der Waals surface area contributed by atoms with Crippen LogP contribution in [0.5, 0.6) is 0 Å². The van der Waals surface area contributed by atoms with Crippen LogP contribution in [-0.2, 0) is 6.54 Å².